The zero-order valence-corrected chi connectivity index (χ0v) is 12.7. The molecule has 1 aromatic heterocycles. The summed E-state index contributed by atoms with van der Waals surface area (Å²) in [5, 5.41) is 7.23. The molecule has 1 atom stereocenters. The molecule has 8 heteroatoms. The molecule has 1 aliphatic heterocycles. The molecule has 19 heavy (non-hydrogen) atoms. The highest BCUT2D eigenvalue weighted by Crippen LogP contribution is 2.04. The predicted octanol–water partition coefficient (Wildman–Crippen LogP) is 0.210. The third-order valence-electron chi connectivity index (χ3n) is 2.77. The minimum Gasteiger partial charge on any atom is -0.378 e. The Morgan fingerprint density at radius 3 is 2.89 bits per heavy atom. The van der Waals surface area contributed by atoms with Crippen molar-refractivity contribution in [3.05, 3.63) is 18.0 Å². The van der Waals surface area contributed by atoms with E-state index in [1.807, 2.05) is 13.2 Å². The van der Waals surface area contributed by atoms with Crippen molar-refractivity contribution in [2.24, 2.45) is 7.05 Å². The molecule has 2 heterocycles. The van der Waals surface area contributed by atoms with E-state index in [1.54, 1.807) is 22.8 Å². The minimum atomic E-state index is -0.217. The second-order valence-corrected chi connectivity index (χ2v) is 4.30. The van der Waals surface area contributed by atoms with E-state index in [1.165, 1.54) is 0 Å². The highest BCUT2D eigenvalue weighted by Gasteiger charge is 2.24. The second-order valence-electron chi connectivity index (χ2n) is 4.30. The Balaban J connectivity index is 0.00000162. The van der Waals surface area contributed by atoms with E-state index >= 15 is 0 Å². The normalized spacial score (nSPS) is 18.1. The lowest BCUT2D eigenvalue weighted by Gasteiger charge is -2.27. The highest BCUT2D eigenvalue weighted by atomic mass is 35.5. The number of carbonyl (C=O) groups excluding carboxylic acids is 1. The molecule has 1 fully saturated rings. The van der Waals surface area contributed by atoms with Gasteiger partial charge in [-0.05, 0) is 0 Å². The Morgan fingerprint density at radius 1 is 1.63 bits per heavy atom. The fourth-order valence-electron chi connectivity index (χ4n) is 1.90. The Morgan fingerprint density at radius 2 is 2.37 bits per heavy atom. The summed E-state index contributed by atoms with van der Waals surface area (Å²) in [7, 11) is 3.66. The third-order valence-corrected chi connectivity index (χ3v) is 2.77. The van der Waals surface area contributed by atoms with Gasteiger partial charge in [0.05, 0.1) is 19.4 Å². The summed E-state index contributed by atoms with van der Waals surface area (Å²) in [6.45, 7) is 2.44. The zero-order chi connectivity index (χ0) is 12.3. The van der Waals surface area contributed by atoms with Crippen molar-refractivity contribution in [2.45, 2.75) is 12.6 Å². The van der Waals surface area contributed by atoms with Gasteiger partial charge in [-0.1, -0.05) is 0 Å². The van der Waals surface area contributed by atoms with Gasteiger partial charge in [-0.25, -0.2) is 0 Å². The molecule has 6 nitrogen and oxygen atoms in total. The Hall–Kier alpha value is -0.820. The molecule has 1 unspecified atom stereocenters. The fourth-order valence-corrected chi connectivity index (χ4v) is 1.90. The van der Waals surface area contributed by atoms with Gasteiger partial charge in [0.1, 0.15) is 6.04 Å². The van der Waals surface area contributed by atoms with Crippen LogP contribution in [0.2, 0.25) is 0 Å². The van der Waals surface area contributed by atoms with Crippen molar-refractivity contribution >= 4 is 30.7 Å². The van der Waals surface area contributed by atoms with Gasteiger partial charge >= 0.3 is 0 Å². The van der Waals surface area contributed by atoms with Gasteiger partial charge in [0.25, 0.3) is 0 Å². The summed E-state index contributed by atoms with van der Waals surface area (Å²) in [5.41, 5.74) is 1.03. The first kappa shape index (κ1) is 18.2. The number of carbonyl (C=O) groups is 1. The van der Waals surface area contributed by atoms with Crippen LogP contribution in [0, 0.1) is 0 Å². The summed E-state index contributed by atoms with van der Waals surface area (Å²) < 4.78 is 7.01. The van der Waals surface area contributed by atoms with E-state index in [9.17, 15) is 4.79 Å². The van der Waals surface area contributed by atoms with Crippen LogP contribution in [0.1, 0.15) is 5.56 Å². The van der Waals surface area contributed by atoms with Gasteiger partial charge in [-0.2, -0.15) is 5.10 Å². The molecule has 1 aromatic rings. The first-order chi connectivity index (χ1) is 8.16. The number of halogens is 2. The molecule has 0 aliphatic carbocycles. The average molecular weight is 311 g/mol. The number of aryl methyl sites for hydroxylation is 1. The monoisotopic (exact) mass is 310 g/mol. The number of hydrogen-bond donors (Lipinski definition) is 1. The predicted molar refractivity (Wildman–Crippen MR) is 76.8 cm³/mol. The maximum absolute atomic E-state index is 12.1. The third kappa shape index (κ3) is 4.99. The summed E-state index contributed by atoms with van der Waals surface area (Å²) in [6.07, 6.45) is 3.68. The quantitative estimate of drug-likeness (QED) is 0.867. The number of nitrogens with zero attached hydrogens (tertiary/aromatic N) is 3. The maximum Gasteiger partial charge on any atom is 0.242 e. The van der Waals surface area contributed by atoms with Crippen molar-refractivity contribution in [2.75, 3.05) is 26.8 Å². The highest BCUT2D eigenvalue weighted by molar-refractivity contribution is 5.85. The SMILES string of the molecule is CN(Cc1cnn(C)c1)C(=O)C1COCCN1.Cl.Cl. The van der Waals surface area contributed by atoms with Crippen LogP contribution < -0.4 is 5.32 Å². The maximum atomic E-state index is 12.1. The minimum absolute atomic E-state index is 0. The molecule has 1 amide bonds. The Labute approximate surface area is 125 Å². The first-order valence-corrected chi connectivity index (χ1v) is 5.70. The molecule has 0 radical (unpaired) electrons. The van der Waals surface area contributed by atoms with Crippen molar-refractivity contribution < 1.29 is 9.53 Å². The molecule has 1 aliphatic rings. The van der Waals surface area contributed by atoms with E-state index in [2.05, 4.69) is 10.4 Å². The standard InChI is InChI=1S/C11H18N4O2.2ClH/c1-14(6-9-5-13-15(2)7-9)11(16)10-8-17-4-3-12-10;;/h5,7,10,12H,3-4,6,8H2,1-2H3;2*1H. The van der Waals surface area contributed by atoms with Crippen LogP contribution in [0.25, 0.3) is 0 Å². The number of morpholine rings is 1. The van der Waals surface area contributed by atoms with Crippen LogP contribution in [0.4, 0.5) is 0 Å². The van der Waals surface area contributed by atoms with Gasteiger partial charge in [0.2, 0.25) is 5.91 Å². The molecule has 110 valence electrons. The number of aromatic nitrogens is 2. The lowest BCUT2D eigenvalue weighted by molar-refractivity contribution is -0.135. The van der Waals surface area contributed by atoms with E-state index < -0.39 is 0 Å². The zero-order valence-electron chi connectivity index (χ0n) is 11.0. The van der Waals surface area contributed by atoms with Gasteiger partial charge in [0, 0.05) is 38.9 Å². The lowest BCUT2D eigenvalue weighted by Crippen LogP contribution is -2.51. The summed E-state index contributed by atoms with van der Waals surface area (Å²) >= 11 is 0. The van der Waals surface area contributed by atoms with Crippen LogP contribution in [0.3, 0.4) is 0 Å². The summed E-state index contributed by atoms with van der Waals surface area (Å²) in [5.74, 6) is 0.0635. The topological polar surface area (TPSA) is 59.4 Å². The molecular weight excluding hydrogens is 291 g/mol. The smallest absolute Gasteiger partial charge is 0.242 e. The molecule has 0 saturated carbocycles. The first-order valence-electron chi connectivity index (χ1n) is 5.70. The summed E-state index contributed by atoms with van der Waals surface area (Å²) in [4.78, 5) is 13.8. The number of likely N-dealkylation sites (N-methyl/N-ethyl adjacent to an activating group) is 1. The van der Waals surface area contributed by atoms with Crippen LogP contribution in [-0.2, 0) is 23.1 Å². The Bertz CT molecular complexity index is 394. The van der Waals surface area contributed by atoms with Gasteiger partial charge < -0.3 is 15.0 Å². The molecule has 0 bridgehead atoms. The molecule has 1 saturated heterocycles. The molecule has 0 spiro atoms. The average Bonchev–Trinajstić information content (AvgIpc) is 2.75. The van der Waals surface area contributed by atoms with Crippen molar-refractivity contribution in [3.63, 3.8) is 0 Å². The van der Waals surface area contributed by atoms with E-state index in [0.29, 0.717) is 19.8 Å². The second kappa shape index (κ2) is 8.37. The molecule has 2 rings (SSSR count). The number of hydrogen-bond acceptors (Lipinski definition) is 4. The van der Waals surface area contributed by atoms with Crippen LogP contribution in [0.15, 0.2) is 12.4 Å². The number of amides is 1. The van der Waals surface area contributed by atoms with Crippen molar-refractivity contribution in [1.82, 2.24) is 20.0 Å². The number of ether oxygens (including phenoxy) is 1. The van der Waals surface area contributed by atoms with E-state index in [0.717, 1.165) is 12.1 Å². The fraction of sp³-hybridized carbons (Fsp3) is 0.636. The van der Waals surface area contributed by atoms with Crippen molar-refractivity contribution in [1.29, 1.82) is 0 Å². The number of nitrogens with one attached hydrogen (secondary N) is 1. The summed E-state index contributed by atoms with van der Waals surface area (Å²) in [6, 6.07) is -0.217. The molecule has 0 aromatic carbocycles. The number of rotatable bonds is 3. The largest absolute Gasteiger partial charge is 0.378 e. The van der Waals surface area contributed by atoms with Crippen LogP contribution >= 0.6 is 24.8 Å². The van der Waals surface area contributed by atoms with Crippen LogP contribution in [0.5, 0.6) is 0 Å². The Kier molecular flexibility index (Phi) is 8.01. The van der Waals surface area contributed by atoms with Crippen molar-refractivity contribution in [3.8, 4) is 0 Å². The van der Waals surface area contributed by atoms with Gasteiger partial charge in [-0.15, -0.1) is 24.8 Å². The van der Waals surface area contributed by atoms with E-state index in [4.69, 9.17) is 4.74 Å². The lowest BCUT2D eigenvalue weighted by atomic mass is 10.2. The molecular formula is C11H20Cl2N4O2. The van der Waals surface area contributed by atoms with E-state index in [-0.39, 0.29) is 36.8 Å². The molecule has 1 N–H and O–H groups in total. The van der Waals surface area contributed by atoms with Gasteiger partial charge in [0.15, 0.2) is 0 Å². The van der Waals surface area contributed by atoms with Crippen LogP contribution in [-0.4, -0.2) is 53.4 Å². The van der Waals surface area contributed by atoms with Gasteiger partial charge in [-0.3, -0.25) is 9.48 Å².